The number of nitro benzene ring substituents is 1. The average molecular weight is 418 g/mol. The van der Waals surface area contributed by atoms with Crippen LogP contribution in [0.25, 0.3) is 10.9 Å². The van der Waals surface area contributed by atoms with Gasteiger partial charge in [0.05, 0.1) is 18.6 Å². The lowest BCUT2D eigenvalue weighted by Gasteiger charge is -2.17. The van der Waals surface area contributed by atoms with Gasteiger partial charge in [-0.25, -0.2) is 4.79 Å². The number of carbonyl (C=O) groups excluding carboxylic acids is 1. The molecule has 0 aliphatic heterocycles. The average Bonchev–Trinajstić information content (AvgIpc) is 2.72. The van der Waals surface area contributed by atoms with Gasteiger partial charge >= 0.3 is 11.7 Å². The summed E-state index contributed by atoms with van der Waals surface area (Å²) in [6.45, 7) is 1.45. The third kappa shape index (κ3) is 3.47. The molecule has 0 saturated carbocycles. The van der Waals surface area contributed by atoms with Crippen molar-refractivity contribution in [3.63, 3.8) is 0 Å². The van der Waals surface area contributed by atoms with E-state index in [4.69, 9.17) is 9.47 Å². The first-order chi connectivity index (χ1) is 14.3. The fourth-order valence-corrected chi connectivity index (χ4v) is 3.16. The standard InChI is InChI=1S/C20H16F2N2O6/c1-3-30-20(26)12-10-23(9-11-7-5-4-6-8-11)17-13(18(12)25)16(24(27)28)14(21)15(22)19(17)29-2/h4-8,10H,3,9H2,1-2H3. The minimum Gasteiger partial charge on any atom is -0.491 e. The van der Waals surface area contributed by atoms with Gasteiger partial charge in [-0.05, 0) is 12.5 Å². The summed E-state index contributed by atoms with van der Waals surface area (Å²) in [5.74, 6) is -5.18. The van der Waals surface area contributed by atoms with E-state index < -0.39 is 50.3 Å². The number of ether oxygens (including phenoxy) is 2. The summed E-state index contributed by atoms with van der Waals surface area (Å²) in [4.78, 5) is 35.5. The molecule has 0 aliphatic rings. The molecule has 0 radical (unpaired) electrons. The molecule has 30 heavy (non-hydrogen) atoms. The summed E-state index contributed by atoms with van der Waals surface area (Å²) in [5, 5.41) is 10.7. The SMILES string of the molecule is CCOC(=O)c1cn(Cc2ccccc2)c2c(OC)c(F)c(F)c([N+](=O)[O-])c2c1=O. The van der Waals surface area contributed by atoms with Crippen LogP contribution in [0.4, 0.5) is 14.5 Å². The van der Waals surface area contributed by atoms with Crippen LogP contribution >= 0.6 is 0 Å². The van der Waals surface area contributed by atoms with Crippen molar-refractivity contribution in [1.82, 2.24) is 4.57 Å². The number of fused-ring (bicyclic) bond motifs is 1. The van der Waals surface area contributed by atoms with E-state index in [0.29, 0.717) is 5.56 Å². The number of nitrogens with zero attached hydrogens (tertiary/aromatic N) is 2. The Hall–Kier alpha value is -3.82. The van der Waals surface area contributed by atoms with Crippen LogP contribution in [-0.2, 0) is 11.3 Å². The van der Waals surface area contributed by atoms with Gasteiger partial charge in [0.2, 0.25) is 17.1 Å². The third-order valence-corrected chi connectivity index (χ3v) is 4.41. The van der Waals surface area contributed by atoms with Crippen molar-refractivity contribution in [3.05, 3.63) is 79.6 Å². The van der Waals surface area contributed by atoms with Crippen molar-refractivity contribution in [2.45, 2.75) is 13.5 Å². The molecule has 3 rings (SSSR count). The van der Waals surface area contributed by atoms with Crippen LogP contribution < -0.4 is 10.2 Å². The van der Waals surface area contributed by atoms with Crippen molar-refractivity contribution < 1.29 is 28.0 Å². The van der Waals surface area contributed by atoms with Crippen LogP contribution in [0, 0.1) is 21.7 Å². The Bertz CT molecular complexity index is 1210. The molecule has 0 aliphatic carbocycles. The molecule has 0 unspecified atom stereocenters. The molecule has 0 bridgehead atoms. The smallest absolute Gasteiger partial charge is 0.343 e. The molecule has 156 valence electrons. The molecule has 3 aromatic rings. The van der Waals surface area contributed by atoms with Gasteiger partial charge in [0.25, 0.3) is 0 Å². The number of benzene rings is 2. The minimum absolute atomic E-state index is 0.0113. The molecule has 0 saturated heterocycles. The molecular weight excluding hydrogens is 402 g/mol. The molecule has 0 N–H and O–H groups in total. The molecule has 10 heteroatoms. The summed E-state index contributed by atoms with van der Waals surface area (Å²) < 4.78 is 40.1. The van der Waals surface area contributed by atoms with Crippen LogP contribution in [-0.4, -0.2) is 29.2 Å². The molecule has 1 heterocycles. The van der Waals surface area contributed by atoms with Gasteiger partial charge in [-0.3, -0.25) is 14.9 Å². The summed E-state index contributed by atoms with van der Waals surface area (Å²) in [6, 6.07) is 8.65. The number of pyridine rings is 1. The van der Waals surface area contributed by atoms with Gasteiger partial charge in [0, 0.05) is 12.7 Å². The quantitative estimate of drug-likeness (QED) is 0.345. The Kier molecular flexibility index (Phi) is 5.77. The van der Waals surface area contributed by atoms with Crippen LogP contribution in [0.2, 0.25) is 0 Å². The maximum Gasteiger partial charge on any atom is 0.343 e. The number of halogens is 2. The fraction of sp³-hybridized carbons (Fsp3) is 0.200. The van der Waals surface area contributed by atoms with Gasteiger partial charge < -0.3 is 14.0 Å². The highest BCUT2D eigenvalue weighted by molar-refractivity contribution is 5.99. The van der Waals surface area contributed by atoms with Gasteiger partial charge in [0.1, 0.15) is 16.5 Å². The Morgan fingerprint density at radius 3 is 2.43 bits per heavy atom. The fourth-order valence-electron chi connectivity index (χ4n) is 3.16. The van der Waals surface area contributed by atoms with Crippen LogP contribution in [0.1, 0.15) is 22.8 Å². The molecule has 0 atom stereocenters. The second-order valence-corrected chi connectivity index (χ2v) is 6.20. The van der Waals surface area contributed by atoms with Crippen LogP contribution in [0.5, 0.6) is 5.75 Å². The molecule has 0 fully saturated rings. The lowest BCUT2D eigenvalue weighted by Crippen LogP contribution is -2.23. The first-order valence-corrected chi connectivity index (χ1v) is 8.79. The zero-order chi connectivity index (χ0) is 22.0. The third-order valence-electron chi connectivity index (χ3n) is 4.41. The molecule has 0 spiro atoms. The lowest BCUT2D eigenvalue weighted by atomic mass is 10.1. The number of hydrogen-bond donors (Lipinski definition) is 0. The zero-order valence-corrected chi connectivity index (χ0v) is 16.0. The van der Waals surface area contributed by atoms with Crippen molar-refractivity contribution in [1.29, 1.82) is 0 Å². The topological polar surface area (TPSA) is 101 Å². The number of aromatic nitrogens is 1. The van der Waals surface area contributed by atoms with Crippen molar-refractivity contribution in [2.24, 2.45) is 0 Å². The lowest BCUT2D eigenvalue weighted by molar-refractivity contribution is -0.386. The highest BCUT2D eigenvalue weighted by Crippen LogP contribution is 2.37. The Balaban J connectivity index is 2.51. The van der Waals surface area contributed by atoms with E-state index in [0.717, 1.165) is 13.3 Å². The summed E-state index contributed by atoms with van der Waals surface area (Å²) in [5.41, 5.74) is -2.74. The first-order valence-electron chi connectivity index (χ1n) is 8.79. The van der Waals surface area contributed by atoms with E-state index >= 15 is 0 Å². The molecular formula is C20H16F2N2O6. The number of nitro groups is 1. The van der Waals surface area contributed by atoms with Crippen molar-refractivity contribution in [3.8, 4) is 5.75 Å². The monoisotopic (exact) mass is 418 g/mol. The first kappa shape index (κ1) is 20.9. The Morgan fingerprint density at radius 1 is 1.20 bits per heavy atom. The van der Waals surface area contributed by atoms with Gasteiger partial charge in [-0.1, -0.05) is 30.3 Å². The van der Waals surface area contributed by atoms with Gasteiger partial charge in [-0.2, -0.15) is 8.78 Å². The zero-order valence-electron chi connectivity index (χ0n) is 16.0. The van der Waals surface area contributed by atoms with E-state index in [-0.39, 0.29) is 18.7 Å². The molecule has 0 amide bonds. The van der Waals surface area contributed by atoms with Gasteiger partial charge in [-0.15, -0.1) is 0 Å². The highest BCUT2D eigenvalue weighted by Gasteiger charge is 2.33. The minimum atomic E-state index is -1.85. The summed E-state index contributed by atoms with van der Waals surface area (Å²) in [6.07, 6.45) is 1.10. The largest absolute Gasteiger partial charge is 0.491 e. The Labute approximate surface area is 168 Å². The highest BCUT2D eigenvalue weighted by atomic mass is 19.2. The number of hydrogen-bond acceptors (Lipinski definition) is 6. The summed E-state index contributed by atoms with van der Waals surface area (Å²) in [7, 11) is 1.04. The normalized spacial score (nSPS) is 10.8. The maximum absolute atomic E-state index is 14.6. The van der Waals surface area contributed by atoms with E-state index in [1.54, 1.807) is 30.3 Å². The van der Waals surface area contributed by atoms with Crippen LogP contribution in [0.15, 0.2) is 41.3 Å². The summed E-state index contributed by atoms with van der Waals surface area (Å²) >= 11 is 0. The molecule has 1 aromatic heterocycles. The van der Waals surface area contributed by atoms with E-state index in [1.807, 2.05) is 0 Å². The predicted octanol–water partition coefficient (Wildman–Crippen LogP) is 3.42. The number of carbonyl (C=O) groups is 1. The second-order valence-electron chi connectivity index (χ2n) is 6.20. The number of methoxy groups -OCH3 is 1. The predicted molar refractivity (Wildman–Crippen MR) is 103 cm³/mol. The maximum atomic E-state index is 14.6. The number of rotatable bonds is 6. The van der Waals surface area contributed by atoms with E-state index in [1.165, 1.54) is 11.5 Å². The van der Waals surface area contributed by atoms with E-state index in [9.17, 15) is 28.5 Å². The van der Waals surface area contributed by atoms with Gasteiger partial charge in [0.15, 0.2) is 5.75 Å². The number of esters is 1. The molecule has 2 aromatic carbocycles. The Morgan fingerprint density at radius 2 is 1.87 bits per heavy atom. The molecule has 8 nitrogen and oxygen atoms in total. The van der Waals surface area contributed by atoms with Crippen molar-refractivity contribution in [2.75, 3.05) is 13.7 Å². The van der Waals surface area contributed by atoms with E-state index in [2.05, 4.69) is 0 Å². The van der Waals surface area contributed by atoms with Crippen molar-refractivity contribution >= 4 is 22.6 Å². The second kappa shape index (κ2) is 8.27. The van der Waals surface area contributed by atoms with Crippen LogP contribution in [0.3, 0.4) is 0 Å².